The number of nitrogens with two attached hydrogens (primary N) is 1. The number of H-pyrrole nitrogens is 1. The fourth-order valence-electron chi connectivity index (χ4n) is 2.18. The topological polar surface area (TPSA) is 54.7 Å². The van der Waals surface area contributed by atoms with Gasteiger partial charge in [-0.25, -0.2) is 0 Å². The Morgan fingerprint density at radius 1 is 1.10 bits per heavy atom. The van der Waals surface area contributed by atoms with E-state index in [1.165, 1.54) is 0 Å². The Kier molecular flexibility index (Phi) is 3.93. The molecule has 2 aromatic carbocycles. The van der Waals surface area contributed by atoms with Crippen molar-refractivity contribution in [3.8, 4) is 22.4 Å². The fraction of sp³-hybridized carbons (Fsp3) is 0. The normalized spacial score (nSPS) is 10.8. The minimum absolute atomic E-state index is 0.409. The van der Waals surface area contributed by atoms with Crippen LogP contribution in [0.4, 0.5) is 5.82 Å². The SMILES string of the molecule is Nc1n[nH]c(-c2ccc(Br)cc2Cl)c1-c1cccc(Cl)c1. The van der Waals surface area contributed by atoms with E-state index < -0.39 is 0 Å². The Morgan fingerprint density at radius 3 is 2.62 bits per heavy atom. The average Bonchev–Trinajstić information content (AvgIpc) is 2.80. The molecule has 0 aliphatic rings. The van der Waals surface area contributed by atoms with E-state index in [-0.39, 0.29) is 0 Å². The van der Waals surface area contributed by atoms with Crippen molar-refractivity contribution in [2.45, 2.75) is 0 Å². The second-order valence-corrected chi connectivity index (χ2v) is 6.25. The van der Waals surface area contributed by atoms with Gasteiger partial charge < -0.3 is 5.73 Å². The summed E-state index contributed by atoms with van der Waals surface area (Å²) < 4.78 is 0.910. The summed E-state index contributed by atoms with van der Waals surface area (Å²) in [6.07, 6.45) is 0. The van der Waals surface area contributed by atoms with Crippen LogP contribution in [0.1, 0.15) is 0 Å². The molecule has 3 nitrogen and oxygen atoms in total. The molecule has 0 saturated carbocycles. The summed E-state index contributed by atoms with van der Waals surface area (Å²) in [6.45, 7) is 0. The summed E-state index contributed by atoms with van der Waals surface area (Å²) in [4.78, 5) is 0. The number of nitrogens with one attached hydrogen (secondary N) is 1. The molecule has 0 bridgehead atoms. The van der Waals surface area contributed by atoms with Crippen molar-refractivity contribution in [3.63, 3.8) is 0 Å². The van der Waals surface area contributed by atoms with Crippen molar-refractivity contribution in [2.24, 2.45) is 0 Å². The number of hydrogen-bond acceptors (Lipinski definition) is 2. The number of aromatic nitrogens is 2. The average molecular weight is 383 g/mol. The van der Waals surface area contributed by atoms with Crippen molar-refractivity contribution in [2.75, 3.05) is 5.73 Å². The van der Waals surface area contributed by atoms with E-state index >= 15 is 0 Å². The van der Waals surface area contributed by atoms with Gasteiger partial charge in [0.15, 0.2) is 5.82 Å². The maximum absolute atomic E-state index is 6.32. The van der Waals surface area contributed by atoms with Gasteiger partial charge in [-0.2, -0.15) is 5.10 Å². The molecule has 1 heterocycles. The van der Waals surface area contributed by atoms with Gasteiger partial charge in [-0.1, -0.05) is 57.3 Å². The Labute approximate surface area is 140 Å². The Hall–Kier alpha value is -1.49. The van der Waals surface area contributed by atoms with Gasteiger partial charge in [0.2, 0.25) is 0 Å². The first-order chi connectivity index (χ1) is 10.1. The molecule has 1 aromatic heterocycles. The monoisotopic (exact) mass is 381 g/mol. The molecule has 0 unspecified atom stereocenters. The highest BCUT2D eigenvalue weighted by molar-refractivity contribution is 9.10. The van der Waals surface area contributed by atoms with Crippen LogP contribution in [0.25, 0.3) is 22.4 Å². The molecule has 0 spiro atoms. The lowest BCUT2D eigenvalue weighted by Crippen LogP contribution is -1.89. The van der Waals surface area contributed by atoms with Crippen LogP contribution < -0.4 is 5.73 Å². The molecule has 0 fully saturated rings. The Bertz CT molecular complexity index is 814. The molecule has 21 heavy (non-hydrogen) atoms. The molecule has 3 N–H and O–H groups in total. The van der Waals surface area contributed by atoms with Crippen LogP contribution in [-0.4, -0.2) is 10.2 Å². The maximum Gasteiger partial charge on any atom is 0.153 e. The lowest BCUT2D eigenvalue weighted by atomic mass is 10.0. The van der Waals surface area contributed by atoms with Crippen molar-refractivity contribution in [3.05, 3.63) is 57.0 Å². The minimum Gasteiger partial charge on any atom is -0.382 e. The quantitative estimate of drug-likeness (QED) is 0.623. The summed E-state index contributed by atoms with van der Waals surface area (Å²) in [6, 6.07) is 13.1. The highest BCUT2D eigenvalue weighted by Crippen LogP contribution is 2.39. The molecule has 0 aliphatic carbocycles. The Balaban J connectivity index is 2.22. The van der Waals surface area contributed by atoms with Crippen molar-refractivity contribution >= 4 is 44.9 Å². The van der Waals surface area contributed by atoms with Crippen molar-refractivity contribution in [1.29, 1.82) is 0 Å². The van der Waals surface area contributed by atoms with Gasteiger partial charge in [0.1, 0.15) is 0 Å². The van der Waals surface area contributed by atoms with Crippen molar-refractivity contribution < 1.29 is 0 Å². The lowest BCUT2D eigenvalue weighted by molar-refractivity contribution is 1.10. The minimum atomic E-state index is 0.409. The predicted molar refractivity (Wildman–Crippen MR) is 91.6 cm³/mol. The van der Waals surface area contributed by atoms with Crippen LogP contribution in [0.15, 0.2) is 46.9 Å². The standard InChI is InChI=1S/C15H10BrCl2N3/c16-9-4-5-11(12(18)7-9)14-13(15(19)21-20-14)8-2-1-3-10(17)6-8/h1-7H,(H3,19,20,21). The van der Waals surface area contributed by atoms with E-state index in [2.05, 4.69) is 26.1 Å². The summed E-state index contributed by atoms with van der Waals surface area (Å²) in [5.41, 5.74) is 9.29. The van der Waals surface area contributed by atoms with Gasteiger partial charge in [-0.15, -0.1) is 0 Å². The number of nitrogens with zero attached hydrogens (tertiary/aromatic N) is 1. The molecule has 106 valence electrons. The van der Waals surface area contributed by atoms with Crippen LogP contribution in [0.3, 0.4) is 0 Å². The van der Waals surface area contributed by atoms with Crippen LogP contribution >= 0.6 is 39.1 Å². The molecule has 0 aliphatic heterocycles. The summed E-state index contributed by atoms with van der Waals surface area (Å²) in [5.74, 6) is 0.409. The molecule has 3 aromatic rings. The first-order valence-electron chi connectivity index (χ1n) is 6.11. The summed E-state index contributed by atoms with van der Waals surface area (Å²) >= 11 is 15.8. The van der Waals surface area contributed by atoms with Gasteiger partial charge in [0.25, 0.3) is 0 Å². The van der Waals surface area contributed by atoms with Gasteiger partial charge in [0.05, 0.1) is 16.3 Å². The first-order valence-corrected chi connectivity index (χ1v) is 7.66. The largest absolute Gasteiger partial charge is 0.382 e. The number of hydrogen-bond donors (Lipinski definition) is 2. The summed E-state index contributed by atoms with van der Waals surface area (Å²) in [5, 5.41) is 8.30. The van der Waals surface area contributed by atoms with E-state index in [4.69, 9.17) is 28.9 Å². The third-order valence-electron chi connectivity index (χ3n) is 3.11. The molecule has 0 amide bonds. The molecule has 0 saturated heterocycles. The van der Waals surface area contributed by atoms with Gasteiger partial charge in [0, 0.05) is 15.1 Å². The number of benzene rings is 2. The zero-order chi connectivity index (χ0) is 15.0. The molecule has 0 radical (unpaired) electrons. The van der Waals surface area contributed by atoms with Gasteiger partial charge >= 0.3 is 0 Å². The third kappa shape index (κ3) is 2.79. The van der Waals surface area contributed by atoms with E-state index in [0.29, 0.717) is 15.9 Å². The number of rotatable bonds is 2. The lowest BCUT2D eigenvalue weighted by Gasteiger charge is -2.07. The van der Waals surface area contributed by atoms with Crippen LogP contribution in [-0.2, 0) is 0 Å². The zero-order valence-electron chi connectivity index (χ0n) is 10.7. The van der Waals surface area contributed by atoms with Gasteiger partial charge in [-0.3, -0.25) is 5.10 Å². The van der Waals surface area contributed by atoms with E-state index in [9.17, 15) is 0 Å². The first kappa shape index (κ1) is 14.4. The highest BCUT2D eigenvalue weighted by Gasteiger charge is 2.17. The van der Waals surface area contributed by atoms with E-state index in [0.717, 1.165) is 26.9 Å². The highest BCUT2D eigenvalue weighted by atomic mass is 79.9. The molecule has 3 rings (SSSR count). The number of anilines is 1. The predicted octanol–water partition coefficient (Wildman–Crippen LogP) is 5.40. The Morgan fingerprint density at radius 2 is 1.90 bits per heavy atom. The van der Waals surface area contributed by atoms with E-state index in [1.54, 1.807) is 0 Å². The second-order valence-electron chi connectivity index (χ2n) is 4.49. The zero-order valence-corrected chi connectivity index (χ0v) is 13.8. The fourth-order valence-corrected chi connectivity index (χ4v) is 3.14. The second kappa shape index (κ2) is 5.72. The smallest absolute Gasteiger partial charge is 0.153 e. The van der Waals surface area contributed by atoms with Crippen molar-refractivity contribution in [1.82, 2.24) is 10.2 Å². The van der Waals surface area contributed by atoms with Crippen LogP contribution in [0, 0.1) is 0 Å². The molecular weight excluding hydrogens is 373 g/mol. The molecule has 0 atom stereocenters. The van der Waals surface area contributed by atoms with Crippen LogP contribution in [0.5, 0.6) is 0 Å². The third-order valence-corrected chi connectivity index (χ3v) is 4.15. The molecule has 6 heteroatoms. The molecular formula is C15H10BrCl2N3. The maximum atomic E-state index is 6.32. The van der Waals surface area contributed by atoms with Gasteiger partial charge in [-0.05, 0) is 29.8 Å². The number of halogens is 3. The number of nitrogen functional groups attached to an aromatic ring is 1. The van der Waals surface area contributed by atoms with E-state index in [1.807, 2.05) is 42.5 Å². The number of aromatic amines is 1. The van der Waals surface area contributed by atoms with Crippen LogP contribution in [0.2, 0.25) is 10.0 Å². The summed E-state index contributed by atoms with van der Waals surface area (Å²) in [7, 11) is 0.